The van der Waals surface area contributed by atoms with Crippen molar-refractivity contribution < 1.29 is 4.79 Å². The number of aromatic nitrogens is 3. The molecule has 1 amide bonds. The van der Waals surface area contributed by atoms with Gasteiger partial charge < -0.3 is 9.88 Å². The monoisotopic (exact) mass is 376 g/mol. The number of nitrogens with one attached hydrogen (secondary N) is 1. The number of likely N-dealkylation sites (tertiary alicyclic amines) is 1. The molecule has 1 aliphatic rings. The van der Waals surface area contributed by atoms with Crippen LogP contribution in [-0.2, 0) is 0 Å². The molecule has 4 rings (SSSR count). The smallest absolute Gasteiger partial charge is 0.254 e. The SMILES string of the molecule is Cc1cc(C(=O)N2CCCC(c3cc(=O)[nH]c(C)n3)C2)c2cccc(C)c2n1. The predicted octanol–water partition coefficient (Wildman–Crippen LogP) is 3.26. The molecular weight excluding hydrogens is 352 g/mol. The highest BCUT2D eigenvalue weighted by Gasteiger charge is 2.28. The fourth-order valence-electron chi connectivity index (χ4n) is 4.08. The number of piperidine rings is 1. The van der Waals surface area contributed by atoms with Crippen molar-refractivity contribution in [2.75, 3.05) is 13.1 Å². The molecule has 1 saturated heterocycles. The largest absolute Gasteiger partial charge is 0.338 e. The van der Waals surface area contributed by atoms with Gasteiger partial charge in [-0.15, -0.1) is 0 Å². The summed E-state index contributed by atoms with van der Waals surface area (Å²) < 4.78 is 0. The maximum atomic E-state index is 13.4. The average Bonchev–Trinajstić information content (AvgIpc) is 2.67. The minimum atomic E-state index is -0.142. The van der Waals surface area contributed by atoms with E-state index in [1.54, 1.807) is 13.0 Å². The predicted molar refractivity (Wildman–Crippen MR) is 109 cm³/mol. The van der Waals surface area contributed by atoms with Crippen molar-refractivity contribution in [1.82, 2.24) is 19.9 Å². The molecule has 144 valence electrons. The van der Waals surface area contributed by atoms with Gasteiger partial charge >= 0.3 is 0 Å². The van der Waals surface area contributed by atoms with Gasteiger partial charge in [0.05, 0.1) is 16.8 Å². The summed E-state index contributed by atoms with van der Waals surface area (Å²) in [6, 6.07) is 9.38. The highest BCUT2D eigenvalue weighted by Crippen LogP contribution is 2.28. The first-order valence-electron chi connectivity index (χ1n) is 9.66. The van der Waals surface area contributed by atoms with Gasteiger partial charge in [0.1, 0.15) is 5.82 Å². The van der Waals surface area contributed by atoms with Gasteiger partial charge in [0.15, 0.2) is 0 Å². The molecule has 0 radical (unpaired) electrons. The van der Waals surface area contributed by atoms with Crippen LogP contribution in [0.25, 0.3) is 10.9 Å². The third-order valence-electron chi connectivity index (χ3n) is 5.41. The van der Waals surface area contributed by atoms with Crippen LogP contribution in [0.2, 0.25) is 0 Å². The second-order valence-electron chi connectivity index (χ2n) is 7.63. The van der Waals surface area contributed by atoms with E-state index in [-0.39, 0.29) is 17.4 Å². The molecule has 1 N–H and O–H groups in total. The van der Waals surface area contributed by atoms with Crippen molar-refractivity contribution >= 4 is 16.8 Å². The van der Waals surface area contributed by atoms with Gasteiger partial charge in [-0.25, -0.2) is 4.98 Å². The minimum absolute atomic E-state index is 0.0207. The average molecular weight is 376 g/mol. The zero-order chi connectivity index (χ0) is 19.8. The van der Waals surface area contributed by atoms with E-state index in [0.29, 0.717) is 24.5 Å². The topological polar surface area (TPSA) is 79.0 Å². The number of aromatic amines is 1. The number of pyridine rings is 1. The number of para-hydroxylation sites is 1. The number of nitrogens with zero attached hydrogens (tertiary/aromatic N) is 3. The Bertz CT molecular complexity index is 1120. The number of H-pyrrole nitrogens is 1. The fraction of sp³-hybridized carbons (Fsp3) is 0.364. The van der Waals surface area contributed by atoms with Crippen LogP contribution in [0.1, 0.15) is 51.9 Å². The maximum absolute atomic E-state index is 13.4. The standard InChI is InChI=1S/C22H24N4O2/c1-13-6-4-8-17-18(10-14(2)23-21(13)17)22(28)26-9-5-7-16(12-26)19-11-20(27)25-15(3)24-19/h4,6,8,10-11,16H,5,7,9,12H2,1-3H3,(H,24,25,27). The zero-order valence-electron chi connectivity index (χ0n) is 16.5. The molecule has 2 aromatic heterocycles. The summed E-state index contributed by atoms with van der Waals surface area (Å²) in [7, 11) is 0. The highest BCUT2D eigenvalue weighted by molar-refractivity contribution is 6.06. The molecule has 28 heavy (non-hydrogen) atoms. The molecule has 1 fully saturated rings. The third-order valence-corrected chi connectivity index (χ3v) is 5.41. The number of hydrogen-bond donors (Lipinski definition) is 1. The summed E-state index contributed by atoms with van der Waals surface area (Å²) >= 11 is 0. The number of fused-ring (bicyclic) bond motifs is 1. The van der Waals surface area contributed by atoms with E-state index in [0.717, 1.165) is 40.7 Å². The number of amides is 1. The fourth-order valence-corrected chi connectivity index (χ4v) is 4.08. The van der Waals surface area contributed by atoms with Gasteiger partial charge in [-0.05, 0) is 45.2 Å². The van der Waals surface area contributed by atoms with Crippen LogP contribution in [0.3, 0.4) is 0 Å². The van der Waals surface area contributed by atoms with Crippen LogP contribution in [0, 0.1) is 20.8 Å². The zero-order valence-corrected chi connectivity index (χ0v) is 16.5. The number of carbonyl (C=O) groups excluding carboxylic acids is 1. The number of aryl methyl sites for hydroxylation is 3. The van der Waals surface area contributed by atoms with Crippen molar-refractivity contribution in [3.63, 3.8) is 0 Å². The molecule has 0 bridgehead atoms. The lowest BCUT2D eigenvalue weighted by atomic mass is 9.93. The molecule has 6 heteroatoms. The first-order chi connectivity index (χ1) is 13.4. The first-order valence-corrected chi connectivity index (χ1v) is 9.66. The number of hydrogen-bond acceptors (Lipinski definition) is 4. The Kier molecular flexibility index (Phi) is 4.71. The van der Waals surface area contributed by atoms with E-state index < -0.39 is 0 Å². The van der Waals surface area contributed by atoms with Crippen molar-refractivity contribution in [2.45, 2.75) is 39.5 Å². The Morgan fingerprint density at radius 1 is 1.18 bits per heavy atom. The summed E-state index contributed by atoms with van der Waals surface area (Å²) in [6.45, 7) is 7.01. The van der Waals surface area contributed by atoms with E-state index in [1.807, 2.05) is 43.0 Å². The van der Waals surface area contributed by atoms with Crippen LogP contribution in [-0.4, -0.2) is 38.8 Å². The second kappa shape index (κ2) is 7.19. The lowest BCUT2D eigenvalue weighted by Crippen LogP contribution is -2.39. The summed E-state index contributed by atoms with van der Waals surface area (Å²) in [5, 5.41) is 0.892. The van der Waals surface area contributed by atoms with Crippen molar-refractivity contribution in [1.29, 1.82) is 0 Å². The van der Waals surface area contributed by atoms with E-state index in [1.165, 1.54) is 0 Å². The van der Waals surface area contributed by atoms with E-state index in [2.05, 4.69) is 15.0 Å². The summed E-state index contributed by atoms with van der Waals surface area (Å²) in [5.41, 5.74) is 4.11. The van der Waals surface area contributed by atoms with E-state index >= 15 is 0 Å². The molecule has 1 aromatic carbocycles. The van der Waals surface area contributed by atoms with Crippen LogP contribution < -0.4 is 5.56 Å². The van der Waals surface area contributed by atoms with Gasteiger partial charge in [-0.3, -0.25) is 14.6 Å². The highest BCUT2D eigenvalue weighted by atomic mass is 16.2. The normalized spacial score (nSPS) is 17.1. The number of rotatable bonds is 2. The van der Waals surface area contributed by atoms with E-state index in [4.69, 9.17) is 0 Å². The second-order valence-corrected chi connectivity index (χ2v) is 7.63. The summed E-state index contributed by atoms with van der Waals surface area (Å²) in [5.74, 6) is 0.708. The molecule has 0 aliphatic carbocycles. The molecule has 6 nitrogen and oxygen atoms in total. The molecular formula is C22H24N4O2. The van der Waals surface area contributed by atoms with Gasteiger partial charge in [0.2, 0.25) is 0 Å². The molecule has 1 aliphatic heterocycles. The summed E-state index contributed by atoms with van der Waals surface area (Å²) in [4.78, 5) is 38.9. The lowest BCUT2D eigenvalue weighted by molar-refractivity contribution is 0.0707. The summed E-state index contributed by atoms with van der Waals surface area (Å²) in [6.07, 6.45) is 1.82. The third kappa shape index (κ3) is 3.42. The number of carbonyl (C=O) groups is 1. The maximum Gasteiger partial charge on any atom is 0.254 e. The minimum Gasteiger partial charge on any atom is -0.338 e. The molecule has 1 atom stereocenters. The van der Waals surface area contributed by atoms with Gasteiger partial charge in [-0.1, -0.05) is 18.2 Å². The van der Waals surface area contributed by atoms with Crippen molar-refractivity contribution in [3.05, 3.63) is 69.0 Å². The lowest BCUT2D eigenvalue weighted by Gasteiger charge is -2.33. The van der Waals surface area contributed by atoms with Crippen LogP contribution in [0.4, 0.5) is 0 Å². The van der Waals surface area contributed by atoms with Gasteiger partial charge in [0, 0.05) is 36.2 Å². The Morgan fingerprint density at radius 3 is 2.79 bits per heavy atom. The molecule has 3 heterocycles. The Hall–Kier alpha value is -3.02. The molecule has 1 unspecified atom stereocenters. The van der Waals surface area contributed by atoms with Crippen LogP contribution in [0.15, 0.2) is 35.1 Å². The van der Waals surface area contributed by atoms with E-state index in [9.17, 15) is 9.59 Å². The quantitative estimate of drug-likeness (QED) is 0.744. The Balaban J connectivity index is 1.68. The molecule has 0 spiro atoms. The van der Waals surface area contributed by atoms with Gasteiger partial charge in [0.25, 0.3) is 11.5 Å². The van der Waals surface area contributed by atoms with Crippen LogP contribution >= 0.6 is 0 Å². The molecule has 3 aromatic rings. The van der Waals surface area contributed by atoms with Crippen molar-refractivity contribution in [3.8, 4) is 0 Å². The number of benzene rings is 1. The first kappa shape index (κ1) is 18.3. The Morgan fingerprint density at radius 2 is 2.00 bits per heavy atom. The Labute approximate surface area is 163 Å². The van der Waals surface area contributed by atoms with Crippen LogP contribution in [0.5, 0.6) is 0 Å². The van der Waals surface area contributed by atoms with Crippen molar-refractivity contribution in [2.24, 2.45) is 0 Å². The van der Waals surface area contributed by atoms with Gasteiger partial charge in [-0.2, -0.15) is 0 Å². The molecule has 0 saturated carbocycles.